The predicted molar refractivity (Wildman–Crippen MR) is 89.5 cm³/mol. The Morgan fingerprint density at radius 2 is 2.00 bits per heavy atom. The second kappa shape index (κ2) is 7.35. The number of urea groups is 1. The van der Waals surface area contributed by atoms with Crippen molar-refractivity contribution in [2.75, 3.05) is 31.1 Å². The number of hydrogen-bond acceptors (Lipinski definition) is 3. The van der Waals surface area contributed by atoms with Crippen molar-refractivity contribution >= 4 is 17.6 Å². The first-order chi connectivity index (χ1) is 11.2. The molecule has 2 aliphatic rings. The lowest BCUT2D eigenvalue weighted by Gasteiger charge is -2.31. The van der Waals surface area contributed by atoms with Crippen LogP contribution in [0.4, 0.5) is 10.5 Å². The lowest BCUT2D eigenvalue weighted by atomic mass is 10.0. The largest absolute Gasteiger partial charge is 0.370 e. The number of amides is 3. The molecule has 0 saturated heterocycles. The lowest BCUT2D eigenvalue weighted by Crippen LogP contribution is -2.44. The number of para-hydroxylation sites is 1. The summed E-state index contributed by atoms with van der Waals surface area (Å²) in [5.41, 5.74) is 2.65. The van der Waals surface area contributed by atoms with Crippen LogP contribution in [0.5, 0.6) is 0 Å². The molecule has 3 amide bonds. The van der Waals surface area contributed by atoms with Gasteiger partial charge in [0.1, 0.15) is 0 Å². The highest BCUT2D eigenvalue weighted by Crippen LogP contribution is 2.25. The Hall–Kier alpha value is -2.24. The van der Waals surface area contributed by atoms with Gasteiger partial charge in [0, 0.05) is 31.4 Å². The fourth-order valence-electron chi connectivity index (χ4n) is 2.86. The summed E-state index contributed by atoms with van der Waals surface area (Å²) in [6.45, 7) is 2.42. The summed E-state index contributed by atoms with van der Waals surface area (Å²) in [4.78, 5) is 25.5. The number of nitrogens with zero attached hydrogens (tertiary/aromatic N) is 1. The average Bonchev–Trinajstić information content (AvgIpc) is 3.37. The number of carbonyl (C=O) groups is 2. The zero-order valence-corrected chi connectivity index (χ0v) is 13.3. The van der Waals surface area contributed by atoms with Gasteiger partial charge in [-0.25, -0.2) is 4.79 Å². The fourth-order valence-corrected chi connectivity index (χ4v) is 2.86. The van der Waals surface area contributed by atoms with Crippen LogP contribution in [0.25, 0.3) is 0 Å². The maximum Gasteiger partial charge on any atom is 0.315 e. The Kier molecular flexibility index (Phi) is 5.00. The Labute approximate surface area is 136 Å². The van der Waals surface area contributed by atoms with Gasteiger partial charge in [-0.3, -0.25) is 4.79 Å². The van der Waals surface area contributed by atoms with Crippen LogP contribution in [-0.4, -0.2) is 44.2 Å². The van der Waals surface area contributed by atoms with Crippen LogP contribution in [0, 0.1) is 0 Å². The van der Waals surface area contributed by atoms with E-state index in [1.807, 2.05) is 0 Å². The highest BCUT2D eigenvalue weighted by molar-refractivity contribution is 5.84. The molecule has 1 aromatic rings. The number of rotatable bonds is 6. The lowest BCUT2D eigenvalue weighted by molar-refractivity contribution is -0.120. The van der Waals surface area contributed by atoms with Crippen molar-refractivity contribution in [1.29, 1.82) is 0 Å². The third-order valence-corrected chi connectivity index (χ3v) is 4.23. The average molecular weight is 316 g/mol. The van der Waals surface area contributed by atoms with Gasteiger partial charge in [-0.1, -0.05) is 18.2 Å². The molecule has 3 N–H and O–H groups in total. The molecule has 6 heteroatoms. The molecule has 1 heterocycles. The maximum absolute atomic E-state index is 11.8. The highest BCUT2D eigenvalue weighted by Gasteiger charge is 2.23. The van der Waals surface area contributed by atoms with E-state index in [0.29, 0.717) is 12.6 Å². The Morgan fingerprint density at radius 1 is 1.17 bits per heavy atom. The summed E-state index contributed by atoms with van der Waals surface area (Å²) in [6, 6.07) is 8.48. The van der Waals surface area contributed by atoms with Crippen molar-refractivity contribution in [3.63, 3.8) is 0 Å². The van der Waals surface area contributed by atoms with Crippen LogP contribution < -0.4 is 20.9 Å². The Balaban J connectivity index is 1.36. The summed E-state index contributed by atoms with van der Waals surface area (Å²) in [5.74, 6) is -0.152. The van der Waals surface area contributed by atoms with Gasteiger partial charge in [0.05, 0.1) is 6.54 Å². The molecule has 1 fully saturated rings. The molecule has 1 saturated carbocycles. The topological polar surface area (TPSA) is 73.5 Å². The molecule has 1 aliphatic heterocycles. The molecule has 1 aliphatic carbocycles. The van der Waals surface area contributed by atoms with Crippen molar-refractivity contribution in [3.05, 3.63) is 29.8 Å². The normalized spacial score (nSPS) is 16.4. The first kappa shape index (κ1) is 15.6. The van der Waals surface area contributed by atoms with Crippen molar-refractivity contribution < 1.29 is 9.59 Å². The zero-order valence-electron chi connectivity index (χ0n) is 13.3. The first-order valence-corrected chi connectivity index (χ1v) is 8.36. The number of nitrogens with one attached hydrogen (secondary N) is 3. The van der Waals surface area contributed by atoms with Crippen LogP contribution in [-0.2, 0) is 11.2 Å². The minimum atomic E-state index is -0.257. The molecular formula is C17H24N4O2. The highest BCUT2D eigenvalue weighted by atomic mass is 16.2. The van der Waals surface area contributed by atoms with E-state index in [4.69, 9.17) is 0 Å². The van der Waals surface area contributed by atoms with E-state index in [1.54, 1.807) is 0 Å². The monoisotopic (exact) mass is 316 g/mol. The Morgan fingerprint density at radius 3 is 2.83 bits per heavy atom. The maximum atomic E-state index is 11.8. The minimum Gasteiger partial charge on any atom is -0.370 e. The standard InChI is InChI=1S/C17H24N4O2/c22-16(12-19-17(23)20-14-7-8-14)18-9-11-21-10-3-5-13-4-1-2-6-15(13)21/h1-2,4,6,14H,3,5,7-12H2,(H,18,22)(H2,19,20,23). The van der Waals surface area contributed by atoms with Gasteiger partial charge < -0.3 is 20.9 Å². The summed E-state index contributed by atoms with van der Waals surface area (Å²) < 4.78 is 0. The molecule has 6 nitrogen and oxygen atoms in total. The molecule has 0 aromatic heterocycles. The molecule has 0 unspecified atom stereocenters. The Bertz CT molecular complexity index is 571. The van der Waals surface area contributed by atoms with Crippen molar-refractivity contribution in [3.8, 4) is 0 Å². The molecule has 124 valence electrons. The van der Waals surface area contributed by atoms with Gasteiger partial charge in [0.2, 0.25) is 5.91 Å². The van der Waals surface area contributed by atoms with Gasteiger partial charge in [-0.15, -0.1) is 0 Å². The SMILES string of the molecule is O=C(CNC(=O)NC1CC1)NCCN1CCCc2ccccc21. The molecule has 1 aromatic carbocycles. The van der Waals surface area contributed by atoms with Gasteiger partial charge in [0.25, 0.3) is 0 Å². The third-order valence-electron chi connectivity index (χ3n) is 4.23. The quantitative estimate of drug-likeness (QED) is 0.733. The van der Waals surface area contributed by atoms with E-state index < -0.39 is 0 Å². The fraction of sp³-hybridized carbons (Fsp3) is 0.529. The van der Waals surface area contributed by atoms with Gasteiger partial charge in [0.15, 0.2) is 0 Å². The minimum absolute atomic E-state index is 0.0230. The van der Waals surface area contributed by atoms with Gasteiger partial charge >= 0.3 is 6.03 Å². The number of fused-ring (bicyclic) bond motifs is 1. The van der Waals surface area contributed by atoms with Gasteiger partial charge in [-0.05, 0) is 37.3 Å². The molecule has 0 radical (unpaired) electrons. The number of anilines is 1. The first-order valence-electron chi connectivity index (χ1n) is 8.36. The summed E-state index contributed by atoms with van der Waals surface area (Å²) in [5, 5.41) is 8.23. The summed E-state index contributed by atoms with van der Waals surface area (Å²) >= 11 is 0. The predicted octanol–water partition coefficient (Wildman–Crippen LogP) is 1.02. The van der Waals surface area contributed by atoms with Crippen LogP contribution in [0.15, 0.2) is 24.3 Å². The van der Waals surface area contributed by atoms with Gasteiger partial charge in [-0.2, -0.15) is 0 Å². The molecule has 0 spiro atoms. The zero-order chi connectivity index (χ0) is 16.1. The van der Waals surface area contributed by atoms with Crippen LogP contribution in [0.2, 0.25) is 0 Å². The van der Waals surface area contributed by atoms with Crippen LogP contribution >= 0.6 is 0 Å². The number of carbonyl (C=O) groups excluding carboxylic acids is 2. The van der Waals surface area contributed by atoms with Crippen molar-refractivity contribution in [1.82, 2.24) is 16.0 Å². The molecule has 3 rings (SSSR count). The molecule has 23 heavy (non-hydrogen) atoms. The van der Waals surface area contributed by atoms with E-state index in [1.165, 1.54) is 11.3 Å². The number of aryl methyl sites for hydroxylation is 1. The second-order valence-electron chi connectivity index (χ2n) is 6.17. The molecule has 0 atom stereocenters. The van der Waals surface area contributed by atoms with E-state index in [2.05, 4.69) is 45.1 Å². The molecular weight excluding hydrogens is 292 g/mol. The summed E-state index contributed by atoms with van der Waals surface area (Å²) in [7, 11) is 0. The number of hydrogen-bond donors (Lipinski definition) is 3. The van der Waals surface area contributed by atoms with Crippen molar-refractivity contribution in [2.45, 2.75) is 31.7 Å². The van der Waals surface area contributed by atoms with E-state index >= 15 is 0 Å². The second-order valence-corrected chi connectivity index (χ2v) is 6.17. The smallest absolute Gasteiger partial charge is 0.315 e. The van der Waals surface area contributed by atoms with E-state index in [9.17, 15) is 9.59 Å². The third kappa shape index (κ3) is 4.61. The number of benzene rings is 1. The van der Waals surface area contributed by atoms with Crippen LogP contribution in [0.1, 0.15) is 24.8 Å². The summed E-state index contributed by atoms with van der Waals surface area (Å²) in [6.07, 6.45) is 4.35. The van der Waals surface area contributed by atoms with E-state index in [-0.39, 0.29) is 18.5 Å². The molecule has 0 bridgehead atoms. The van der Waals surface area contributed by atoms with Crippen molar-refractivity contribution in [2.24, 2.45) is 0 Å². The van der Waals surface area contributed by atoms with E-state index in [0.717, 1.165) is 38.8 Å². The van der Waals surface area contributed by atoms with Crippen LogP contribution in [0.3, 0.4) is 0 Å².